The molecule has 0 radical (unpaired) electrons. The molecule has 0 saturated carbocycles. The van der Waals surface area contributed by atoms with Gasteiger partial charge in [-0.2, -0.15) is 0 Å². The van der Waals surface area contributed by atoms with Gasteiger partial charge in [0.25, 0.3) is 5.91 Å². The molecule has 1 aromatic carbocycles. The van der Waals surface area contributed by atoms with E-state index in [1.807, 2.05) is 18.2 Å². The van der Waals surface area contributed by atoms with Crippen molar-refractivity contribution in [3.63, 3.8) is 0 Å². The Bertz CT molecular complexity index is 610. The number of fused-ring (bicyclic) bond motifs is 3. The molecule has 3 nitrogen and oxygen atoms in total. The monoisotopic (exact) mass is 242 g/mol. The molecule has 0 aliphatic heterocycles. The van der Waals surface area contributed by atoms with E-state index in [9.17, 15) is 4.79 Å². The summed E-state index contributed by atoms with van der Waals surface area (Å²) in [6, 6.07) is 5.98. The van der Waals surface area contributed by atoms with Crippen molar-refractivity contribution in [3.8, 4) is 0 Å². The largest absolute Gasteiger partial charge is 0.358 e. The molecular weight excluding hydrogens is 224 g/mol. The van der Waals surface area contributed by atoms with E-state index in [1.165, 1.54) is 29.5 Å². The predicted octanol–water partition coefficient (Wildman–Crippen LogP) is 2.75. The first-order chi connectivity index (χ1) is 8.66. The van der Waals surface area contributed by atoms with Crippen LogP contribution < -0.4 is 0 Å². The van der Waals surface area contributed by atoms with E-state index in [1.54, 1.807) is 19.0 Å². The lowest BCUT2D eigenvalue weighted by atomic mass is 9.95. The van der Waals surface area contributed by atoms with Crippen LogP contribution in [0.15, 0.2) is 18.2 Å². The van der Waals surface area contributed by atoms with E-state index in [4.69, 9.17) is 0 Å². The van der Waals surface area contributed by atoms with Gasteiger partial charge >= 0.3 is 0 Å². The molecule has 0 spiro atoms. The average Bonchev–Trinajstić information content (AvgIpc) is 2.75. The van der Waals surface area contributed by atoms with E-state index in [2.05, 4.69) is 4.98 Å². The first-order valence-corrected chi connectivity index (χ1v) is 6.52. The molecule has 3 heteroatoms. The summed E-state index contributed by atoms with van der Waals surface area (Å²) in [6.07, 6.45) is 4.80. The van der Waals surface area contributed by atoms with Crippen LogP contribution in [0.3, 0.4) is 0 Å². The summed E-state index contributed by atoms with van der Waals surface area (Å²) >= 11 is 0. The molecule has 18 heavy (non-hydrogen) atoms. The van der Waals surface area contributed by atoms with Crippen molar-refractivity contribution in [1.82, 2.24) is 9.88 Å². The fourth-order valence-electron chi connectivity index (χ4n) is 2.80. The number of aromatic amines is 1. The lowest BCUT2D eigenvalue weighted by molar-refractivity contribution is 0.0828. The zero-order chi connectivity index (χ0) is 12.7. The molecular formula is C15H18N2O. The SMILES string of the molecule is CN(C)C(=O)c1ccc2[nH]c3c(c2c1)CCCC3. The lowest BCUT2D eigenvalue weighted by Gasteiger charge is -2.12. The summed E-state index contributed by atoms with van der Waals surface area (Å²) < 4.78 is 0. The number of H-pyrrole nitrogens is 1. The normalized spacial score (nSPS) is 14.6. The molecule has 1 aliphatic carbocycles. The molecule has 1 amide bonds. The topological polar surface area (TPSA) is 36.1 Å². The standard InChI is InChI=1S/C15H18N2O/c1-17(2)15(18)10-7-8-14-12(9-10)11-5-3-4-6-13(11)16-14/h7-9,16H,3-6H2,1-2H3. The molecule has 1 aliphatic rings. The number of carbonyl (C=O) groups excluding carboxylic acids is 1. The van der Waals surface area contributed by atoms with Crippen LogP contribution in [0.25, 0.3) is 10.9 Å². The first kappa shape index (κ1) is 11.3. The van der Waals surface area contributed by atoms with Gasteiger partial charge < -0.3 is 9.88 Å². The van der Waals surface area contributed by atoms with Gasteiger partial charge in [-0.1, -0.05) is 0 Å². The Labute approximate surface area is 107 Å². The van der Waals surface area contributed by atoms with Crippen LogP contribution in [0.2, 0.25) is 0 Å². The number of carbonyl (C=O) groups is 1. The molecule has 1 aromatic heterocycles. The number of aromatic nitrogens is 1. The maximum absolute atomic E-state index is 12.0. The molecule has 94 valence electrons. The van der Waals surface area contributed by atoms with Gasteiger partial charge in [0.05, 0.1) is 0 Å². The Morgan fingerprint density at radius 2 is 2.00 bits per heavy atom. The third-order valence-corrected chi connectivity index (χ3v) is 3.75. The molecule has 3 rings (SSSR count). The van der Waals surface area contributed by atoms with E-state index in [-0.39, 0.29) is 5.91 Å². The quantitative estimate of drug-likeness (QED) is 0.820. The third-order valence-electron chi connectivity index (χ3n) is 3.75. The van der Waals surface area contributed by atoms with E-state index in [0.29, 0.717) is 0 Å². The number of nitrogens with one attached hydrogen (secondary N) is 1. The maximum Gasteiger partial charge on any atom is 0.253 e. The summed E-state index contributed by atoms with van der Waals surface area (Å²) in [4.78, 5) is 17.1. The average molecular weight is 242 g/mol. The third kappa shape index (κ3) is 1.70. The van der Waals surface area contributed by atoms with Gasteiger partial charge in [-0.15, -0.1) is 0 Å². The molecule has 0 bridgehead atoms. The minimum atomic E-state index is 0.0719. The highest BCUT2D eigenvalue weighted by atomic mass is 16.2. The van der Waals surface area contributed by atoms with Gasteiger partial charge in [0, 0.05) is 36.3 Å². The number of hydrogen-bond acceptors (Lipinski definition) is 1. The highest BCUT2D eigenvalue weighted by Crippen LogP contribution is 2.29. The molecule has 2 aromatic rings. The Morgan fingerprint density at radius 1 is 1.22 bits per heavy atom. The number of rotatable bonds is 1. The minimum absolute atomic E-state index is 0.0719. The van der Waals surface area contributed by atoms with Crippen LogP contribution in [-0.2, 0) is 12.8 Å². The predicted molar refractivity (Wildman–Crippen MR) is 73.0 cm³/mol. The van der Waals surface area contributed by atoms with Crippen molar-refractivity contribution < 1.29 is 4.79 Å². The van der Waals surface area contributed by atoms with Gasteiger partial charge in [-0.25, -0.2) is 0 Å². The second-order valence-electron chi connectivity index (χ2n) is 5.25. The van der Waals surface area contributed by atoms with E-state index < -0.39 is 0 Å². The van der Waals surface area contributed by atoms with E-state index >= 15 is 0 Å². The fraction of sp³-hybridized carbons (Fsp3) is 0.400. The zero-order valence-electron chi connectivity index (χ0n) is 10.9. The van der Waals surface area contributed by atoms with Crippen molar-refractivity contribution in [2.45, 2.75) is 25.7 Å². The Hall–Kier alpha value is -1.77. The second-order valence-corrected chi connectivity index (χ2v) is 5.25. The second kappa shape index (κ2) is 4.16. The first-order valence-electron chi connectivity index (χ1n) is 6.52. The highest BCUT2D eigenvalue weighted by Gasteiger charge is 2.17. The number of amides is 1. The Morgan fingerprint density at radius 3 is 2.78 bits per heavy atom. The minimum Gasteiger partial charge on any atom is -0.358 e. The Kier molecular flexibility index (Phi) is 2.62. The van der Waals surface area contributed by atoms with Crippen LogP contribution in [0, 0.1) is 0 Å². The smallest absolute Gasteiger partial charge is 0.253 e. The number of aryl methyl sites for hydroxylation is 2. The molecule has 0 atom stereocenters. The lowest BCUT2D eigenvalue weighted by Crippen LogP contribution is -2.21. The summed E-state index contributed by atoms with van der Waals surface area (Å²) in [6.45, 7) is 0. The fourth-order valence-corrected chi connectivity index (χ4v) is 2.80. The van der Waals surface area contributed by atoms with Gasteiger partial charge in [-0.3, -0.25) is 4.79 Å². The van der Waals surface area contributed by atoms with Crippen LogP contribution >= 0.6 is 0 Å². The van der Waals surface area contributed by atoms with Gasteiger partial charge in [0.2, 0.25) is 0 Å². The number of hydrogen-bond donors (Lipinski definition) is 1. The number of benzene rings is 1. The summed E-state index contributed by atoms with van der Waals surface area (Å²) in [7, 11) is 3.58. The summed E-state index contributed by atoms with van der Waals surface area (Å²) in [5.74, 6) is 0.0719. The van der Waals surface area contributed by atoms with E-state index in [0.717, 1.165) is 23.9 Å². The molecule has 1 heterocycles. The van der Waals surface area contributed by atoms with Crippen LogP contribution in [0.5, 0.6) is 0 Å². The molecule has 1 N–H and O–H groups in total. The van der Waals surface area contributed by atoms with Crippen molar-refractivity contribution in [3.05, 3.63) is 35.0 Å². The van der Waals surface area contributed by atoms with Crippen molar-refractivity contribution in [1.29, 1.82) is 0 Å². The zero-order valence-corrected chi connectivity index (χ0v) is 10.9. The Balaban J connectivity index is 2.13. The maximum atomic E-state index is 12.0. The summed E-state index contributed by atoms with van der Waals surface area (Å²) in [5.41, 5.74) is 4.73. The highest BCUT2D eigenvalue weighted by molar-refractivity contribution is 5.98. The van der Waals surface area contributed by atoms with Crippen LogP contribution in [-0.4, -0.2) is 29.9 Å². The summed E-state index contributed by atoms with van der Waals surface area (Å²) in [5, 5.41) is 1.23. The van der Waals surface area contributed by atoms with Crippen LogP contribution in [0.1, 0.15) is 34.5 Å². The van der Waals surface area contributed by atoms with Crippen molar-refractivity contribution >= 4 is 16.8 Å². The van der Waals surface area contributed by atoms with Gasteiger partial charge in [0.15, 0.2) is 0 Å². The van der Waals surface area contributed by atoms with Crippen molar-refractivity contribution in [2.75, 3.05) is 14.1 Å². The van der Waals surface area contributed by atoms with Crippen molar-refractivity contribution in [2.24, 2.45) is 0 Å². The molecule has 0 unspecified atom stereocenters. The molecule has 0 saturated heterocycles. The van der Waals surface area contributed by atoms with Crippen LogP contribution in [0.4, 0.5) is 0 Å². The molecule has 0 fully saturated rings. The van der Waals surface area contributed by atoms with Gasteiger partial charge in [-0.05, 0) is 49.4 Å². The van der Waals surface area contributed by atoms with Gasteiger partial charge in [0.1, 0.15) is 0 Å². The number of nitrogens with zero attached hydrogens (tertiary/aromatic N) is 1.